The summed E-state index contributed by atoms with van der Waals surface area (Å²) in [6.07, 6.45) is 0.776. The summed E-state index contributed by atoms with van der Waals surface area (Å²) in [6.45, 7) is 3.46. The highest BCUT2D eigenvalue weighted by Gasteiger charge is 2.37. The summed E-state index contributed by atoms with van der Waals surface area (Å²) in [4.78, 5) is 34.4. The Bertz CT molecular complexity index is 407. The van der Waals surface area contributed by atoms with Crippen LogP contribution in [0.4, 0.5) is 4.79 Å². The van der Waals surface area contributed by atoms with Gasteiger partial charge in [-0.15, -0.1) is 0 Å². The van der Waals surface area contributed by atoms with Gasteiger partial charge >= 0.3 is 12.1 Å². The second kappa shape index (κ2) is 6.17. The number of nitrogens with one attached hydrogen (secondary N) is 1. The van der Waals surface area contributed by atoms with Gasteiger partial charge in [-0.05, 0) is 5.92 Å². The van der Waals surface area contributed by atoms with Crippen LogP contribution in [0.3, 0.4) is 0 Å². The first-order valence-electron chi connectivity index (χ1n) is 5.81. The van der Waals surface area contributed by atoms with Gasteiger partial charge in [-0.25, -0.2) is 14.6 Å². The maximum absolute atomic E-state index is 12.2. The van der Waals surface area contributed by atoms with Gasteiger partial charge in [0.1, 0.15) is 6.04 Å². The van der Waals surface area contributed by atoms with E-state index in [1.54, 1.807) is 13.8 Å². The molecule has 8 nitrogen and oxygen atoms in total. The summed E-state index contributed by atoms with van der Waals surface area (Å²) in [5.41, 5.74) is 0. The first kappa shape index (κ1) is 14.9. The molecule has 2 N–H and O–H groups in total. The first-order chi connectivity index (χ1) is 8.88. The van der Waals surface area contributed by atoms with E-state index in [1.165, 1.54) is 13.3 Å². The van der Waals surface area contributed by atoms with Gasteiger partial charge in [-0.3, -0.25) is 4.79 Å². The number of carbonyl (C=O) groups is 3. The van der Waals surface area contributed by atoms with Gasteiger partial charge < -0.3 is 15.2 Å². The quantitative estimate of drug-likeness (QED) is 0.750. The molecule has 0 saturated heterocycles. The van der Waals surface area contributed by atoms with Crippen molar-refractivity contribution in [2.24, 2.45) is 11.0 Å². The van der Waals surface area contributed by atoms with Gasteiger partial charge in [-0.1, -0.05) is 13.8 Å². The van der Waals surface area contributed by atoms with Crippen LogP contribution in [0.15, 0.2) is 5.10 Å². The zero-order valence-corrected chi connectivity index (χ0v) is 11.0. The minimum absolute atomic E-state index is 0.157. The zero-order chi connectivity index (χ0) is 14.6. The van der Waals surface area contributed by atoms with Gasteiger partial charge in [0, 0.05) is 12.6 Å². The highest BCUT2D eigenvalue weighted by molar-refractivity contribution is 5.92. The molecule has 0 bridgehead atoms. The molecule has 1 heterocycles. The van der Waals surface area contributed by atoms with Gasteiger partial charge in [0.25, 0.3) is 5.91 Å². The molecular formula is C11H17N3O5. The second-order valence-corrected chi connectivity index (χ2v) is 4.43. The monoisotopic (exact) mass is 271 g/mol. The first-order valence-corrected chi connectivity index (χ1v) is 5.81. The number of hydrogen-bond acceptors (Lipinski definition) is 5. The number of methoxy groups -OCH3 is 1. The summed E-state index contributed by atoms with van der Waals surface area (Å²) < 4.78 is 4.44. The van der Waals surface area contributed by atoms with Crippen molar-refractivity contribution in [3.8, 4) is 0 Å². The van der Waals surface area contributed by atoms with Crippen LogP contribution in [0.2, 0.25) is 0 Å². The van der Waals surface area contributed by atoms with Crippen molar-refractivity contribution in [1.82, 2.24) is 10.3 Å². The number of ether oxygens (including phenoxy) is 1. The van der Waals surface area contributed by atoms with E-state index < -0.39 is 30.1 Å². The molecule has 0 aromatic heterocycles. The summed E-state index contributed by atoms with van der Waals surface area (Å²) in [7, 11) is 1.19. The predicted octanol–water partition coefficient (Wildman–Crippen LogP) is 0.0383. The Hall–Kier alpha value is -2.12. The Morgan fingerprint density at radius 2 is 2.11 bits per heavy atom. The Balaban J connectivity index is 2.84. The molecule has 0 saturated carbocycles. The van der Waals surface area contributed by atoms with Crippen molar-refractivity contribution in [2.45, 2.75) is 32.4 Å². The summed E-state index contributed by atoms with van der Waals surface area (Å²) >= 11 is 0. The normalized spacial score (nSPS) is 19.4. The van der Waals surface area contributed by atoms with E-state index in [0.717, 1.165) is 5.01 Å². The van der Waals surface area contributed by atoms with Crippen molar-refractivity contribution in [3.05, 3.63) is 0 Å². The number of rotatable bonds is 4. The van der Waals surface area contributed by atoms with Crippen molar-refractivity contribution >= 4 is 24.2 Å². The fraction of sp³-hybridized carbons (Fsp3) is 0.636. The van der Waals surface area contributed by atoms with E-state index in [4.69, 9.17) is 5.11 Å². The molecule has 106 valence electrons. The second-order valence-electron chi connectivity index (χ2n) is 4.43. The number of carboxylic acids is 1. The van der Waals surface area contributed by atoms with Gasteiger partial charge in [0.2, 0.25) is 0 Å². The number of hydrazone groups is 1. The number of alkyl carbamates (subject to hydrolysis) is 1. The Labute approximate surface area is 110 Å². The lowest BCUT2D eigenvalue weighted by Crippen LogP contribution is -2.52. The van der Waals surface area contributed by atoms with Crippen molar-refractivity contribution in [3.63, 3.8) is 0 Å². The van der Waals surface area contributed by atoms with Crippen LogP contribution < -0.4 is 5.32 Å². The minimum Gasteiger partial charge on any atom is -0.480 e. The van der Waals surface area contributed by atoms with Gasteiger partial charge in [0.05, 0.1) is 7.11 Å². The van der Waals surface area contributed by atoms with E-state index in [-0.39, 0.29) is 12.3 Å². The van der Waals surface area contributed by atoms with E-state index >= 15 is 0 Å². The highest BCUT2D eigenvalue weighted by Crippen LogP contribution is 2.16. The zero-order valence-electron chi connectivity index (χ0n) is 11.0. The topological polar surface area (TPSA) is 108 Å². The Morgan fingerprint density at radius 3 is 2.58 bits per heavy atom. The van der Waals surface area contributed by atoms with Crippen LogP contribution >= 0.6 is 0 Å². The van der Waals surface area contributed by atoms with E-state index in [9.17, 15) is 14.4 Å². The largest absolute Gasteiger partial charge is 0.480 e. The SMILES string of the molecule is COC(=O)N[C@H](C(=O)N1N=CCC1C(=O)O)C(C)C. The number of aliphatic carboxylic acids is 1. The number of carbonyl (C=O) groups excluding carboxylic acids is 2. The lowest BCUT2D eigenvalue weighted by molar-refractivity contribution is -0.150. The molecule has 0 spiro atoms. The van der Waals surface area contributed by atoms with Gasteiger partial charge in [-0.2, -0.15) is 5.10 Å². The predicted molar refractivity (Wildman–Crippen MR) is 65.5 cm³/mol. The lowest BCUT2D eigenvalue weighted by atomic mass is 10.0. The molecule has 0 aromatic rings. The van der Waals surface area contributed by atoms with E-state index in [1.807, 2.05) is 0 Å². The van der Waals surface area contributed by atoms with E-state index in [0.29, 0.717) is 0 Å². The van der Waals surface area contributed by atoms with Crippen molar-refractivity contribution in [1.29, 1.82) is 0 Å². The Morgan fingerprint density at radius 1 is 1.47 bits per heavy atom. The van der Waals surface area contributed by atoms with Gasteiger partial charge in [0.15, 0.2) is 6.04 Å². The summed E-state index contributed by atoms with van der Waals surface area (Å²) in [5.74, 6) is -1.93. The maximum atomic E-state index is 12.2. The van der Waals surface area contributed by atoms with Crippen molar-refractivity contribution < 1.29 is 24.2 Å². The van der Waals surface area contributed by atoms with Crippen LogP contribution in [0.25, 0.3) is 0 Å². The average molecular weight is 271 g/mol. The van der Waals surface area contributed by atoms with Crippen LogP contribution in [0.1, 0.15) is 20.3 Å². The average Bonchev–Trinajstić information content (AvgIpc) is 2.83. The number of hydrogen-bond donors (Lipinski definition) is 2. The summed E-state index contributed by atoms with van der Waals surface area (Å²) in [5, 5.41) is 16.0. The fourth-order valence-corrected chi connectivity index (χ4v) is 1.67. The third-order valence-corrected chi connectivity index (χ3v) is 2.73. The third kappa shape index (κ3) is 3.43. The molecule has 0 radical (unpaired) electrons. The molecule has 0 aromatic carbocycles. The molecule has 1 unspecified atom stereocenters. The highest BCUT2D eigenvalue weighted by atomic mass is 16.5. The molecule has 0 aliphatic carbocycles. The molecule has 2 amide bonds. The van der Waals surface area contributed by atoms with Crippen molar-refractivity contribution in [2.75, 3.05) is 7.11 Å². The molecule has 19 heavy (non-hydrogen) atoms. The lowest BCUT2D eigenvalue weighted by Gasteiger charge is -2.26. The molecular weight excluding hydrogens is 254 g/mol. The molecule has 1 aliphatic heterocycles. The molecule has 0 fully saturated rings. The Kier molecular flexibility index (Phi) is 4.85. The minimum atomic E-state index is -1.13. The standard InChI is InChI=1S/C11H17N3O5/c1-6(2)8(13-11(18)19-3)9(15)14-7(10(16)17)4-5-12-14/h5-8H,4H2,1-3H3,(H,13,18)(H,16,17)/t7?,8-/m0/s1. The summed E-state index contributed by atoms with van der Waals surface area (Å²) in [6, 6.07) is -1.90. The molecule has 2 atom stereocenters. The van der Waals surface area contributed by atoms with Crippen LogP contribution in [-0.2, 0) is 14.3 Å². The van der Waals surface area contributed by atoms with Crippen LogP contribution in [0, 0.1) is 5.92 Å². The number of amides is 2. The molecule has 8 heteroatoms. The fourth-order valence-electron chi connectivity index (χ4n) is 1.67. The molecule has 1 aliphatic rings. The molecule has 1 rings (SSSR count). The maximum Gasteiger partial charge on any atom is 0.407 e. The van der Waals surface area contributed by atoms with Crippen LogP contribution in [0.5, 0.6) is 0 Å². The van der Waals surface area contributed by atoms with Crippen LogP contribution in [-0.4, -0.2) is 53.5 Å². The third-order valence-electron chi connectivity index (χ3n) is 2.73. The smallest absolute Gasteiger partial charge is 0.407 e. The number of nitrogens with zero attached hydrogens (tertiary/aromatic N) is 2. The number of carboxylic acid groups (broad SMARTS) is 1. The van der Waals surface area contributed by atoms with E-state index in [2.05, 4.69) is 15.2 Å².